The van der Waals surface area contributed by atoms with Gasteiger partial charge in [-0.3, -0.25) is 0 Å². The van der Waals surface area contributed by atoms with Crippen molar-refractivity contribution in [2.45, 2.75) is 4.90 Å². The fourth-order valence-corrected chi connectivity index (χ4v) is 2.76. The maximum absolute atomic E-state index is 11.7. The SMILES string of the molecule is CNS(=O)(=O)c1ccc(N)c(Nc2ccsc2)c1. The third kappa shape index (κ3) is 2.63. The van der Waals surface area contributed by atoms with Crippen LogP contribution in [0.4, 0.5) is 17.1 Å². The van der Waals surface area contributed by atoms with Crippen LogP contribution in [0.25, 0.3) is 0 Å². The zero-order valence-electron chi connectivity index (χ0n) is 9.67. The lowest BCUT2D eigenvalue weighted by molar-refractivity contribution is 0.588. The summed E-state index contributed by atoms with van der Waals surface area (Å²) in [6.07, 6.45) is 0. The third-order valence-electron chi connectivity index (χ3n) is 2.40. The van der Waals surface area contributed by atoms with Crippen LogP contribution >= 0.6 is 11.3 Å². The number of thiophene rings is 1. The van der Waals surface area contributed by atoms with Crippen LogP contribution in [-0.2, 0) is 10.0 Å². The Morgan fingerprint density at radius 3 is 2.67 bits per heavy atom. The van der Waals surface area contributed by atoms with Crippen LogP contribution in [0.1, 0.15) is 0 Å². The smallest absolute Gasteiger partial charge is 0.240 e. The van der Waals surface area contributed by atoms with Crippen LogP contribution in [0.5, 0.6) is 0 Å². The average Bonchev–Trinajstić information content (AvgIpc) is 2.84. The Morgan fingerprint density at radius 1 is 1.28 bits per heavy atom. The van der Waals surface area contributed by atoms with Gasteiger partial charge in [-0.05, 0) is 36.7 Å². The standard InChI is InChI=1S/C11H13N3O2S2/c1-13-18(15,16)9-2-3-10(12)11(6-9)14-8-4-5-17-7-8/h2-7,13-14H,12H2,1H3. The third-order valence-corrected chi connectivity index (χ3v) is 4.50. The van der Waals surface area contributed by atoms with Gasteiger partial charge in [0.2, 0.25) is 10.0 Å². The molecule has 2 rings (SSSR count). The van der Waals surface area contributed by atoms with Crippen molar-refractivity contribution in [1.82, 2.24) is 4.72 Å². The van der Waals surface area contributed by atoms with Gasteiger partial charge in [-0.1, -0.05) is 0 Å². The molecule has 0 aliphatic heterocycles. The maximum atomic E-state index is 11.7. The molecule has 7 heteroatoms. The highest BCUT2D eigenvalue weighted by Gasteiger charge is 2.13. The molecule has 0 fully saturated rings. The molecule has 4 N–H and O–H groups in total. The van der Waals surface area contributed by atoms with E-state index in [-0.39, 0.29) is 4.90 Å². The number of hydrogen-bond donors (Lipinski definition) is 3. The lowest BCUT2D eigenvalue weighted by Crippen LogP contribution is -2.18. The Morgan fingerprint density at radius 2 is 2.06 bits per heavy atom. The van der Waals surface area contributed by atoms with E-state index in [1.54, 1.807) is 17.4 Å². The number of nitrogen functional groups attached to an aromatic ring is 1. The van der Waals surface area contributed by atoms with Crippen LogP contribution in [0.15, 0.2) is 39.9 Å². The molecule has 96 valence electrons. The zero-order valence-corrected chi connectivity index (χ0v) is 11.3. The minimum Gasteiger partial charge on any atom is -0.397 e. The van der Waals surface area contributed by atoms with Crippen LogP contribution in [-0.4, -0.2) is 15.5 Å². The molecule has 2 aromatic rings. The van der Waals surface area contributed by atoms with E-state index in [1.807, 2.05) is 16.8 Å². The maximum Gasteiger partial charge on any atom is 0.240 e. The Labute approximate surface area is 110 Å². The van der Waals surface area contributed by atoms with Gasteiger partial charge in [-0.25, -0.2) is 13.1 Å². The second-order valence-electron chi connectivity index (χ2n) is 3.59. The predicted octanol–water partition coefficient (Wildman–Crippen LogP) is 1.98. The van der Waals surface area contributed by atoms with Crippen LogP contribution in [0, 0.1) is 0 Å². The van der Waals surface area contributed by atoms with Gasteiger partial charge in [0.1, 0.15) is 0 Å². The quantitative estimate of drug-likeness (QED) is 0.749. The van der Waals surface area contributed by atoms with E-state index in [9.17, 15) is 8.42 Å². The molecular weight excluding hydrogens is 270 g/mol. The summed E-state index contributed by atoms with van der Waals surface area (Å²) in [7, 11) is -2.09. The first-order valence-corrected chi connectivity index (χ1v) is 7.58. The Hall–Kier alpha value is -1.57. The zero-order chi connectivity index (χ0) is 13.2. The van der Waals surface area contributed by atoms with Gasteiger partial charge < -0.3 is 11.1 Å². The molecule has 18 heavy (non-hydrogen) atoms. The molecule has 0 aliphatic rings. The fourth-order valence-electron chi connectivity index (χ4n) is 1.42. The highest BCUT2D eigenvalue weighted by molar-refractivity contribution is 7.89. The monoisotopic (exact) mass is 283 g/mol. The van der Waals surface area contributed by atoms with E-state index < -0.39 is 10.0 Å². The van der Waals surface area contributed by atoms with Gasteiger partial charge >= 0.3 is 0 Å². The molecule has 0 atom stereocenters. The summed E-state index contributed by atoms with van der Waals surface area (Å²) in [5.74, 6) is 0. The molecule has 0 spiro atoms. The van der Waals surface area contributed by atoms with Gasteiger partial charge in [-0.2, -0.15) is 11.3 Å². The largest absolute Gasteiger partial charge is 0.397 e. The van der Waals surface area contributed by atoms with Crippen molar-refractivity contribution >= 4 is 38.4 Å². The lowest BCUT2D eigenvalue weighted by atomic mass is 10.2. The van der Waals surface area contributed by atoms with E-state index in [0.29, 0.717) is 11.4 Å². The highest BCUT2D eigenvalue weighted by Crippen LogP contribution is 2.27. The van der Waals surface area contributed by atoms with Crippen LogP contribution in [0.2, 0.25) is 0 Å². The Bertz CT molecular complexity index is 636. The van der Waals surface area contributed by atoms with Crippen molar-refractivity contribution < 1.29 is 8.42 Å². The summed E-state index contributed by atoms with van der Waals surface area (Å²) in [5.41, 5.74) is 7.77. The minimum absolute atomic E-state index is 0.178. The van der Waals surface area contributed by atoms with Gasteiger partial charge in [-0.15, -0.1) is 0 Å². The minimum atomic E-state index is -3.46. The molecule has 1 heterocycles. The van der Waals surface area contributed by atoms with E-state index in [4.69, 9.17) is 5.73 Å². The summed E-state index contributed by atoms with van der Waals surface area (Å²) in [5, 5.41) is 6.92. The van der Waals surface area contributed by atoms with Gasteiger partial charge in [0.25, 0.3) is 0 Å². The van der Waals surface area contributed by atoms with Crippen molar-refractivity contribution in [3.8, 4) is 0 Å². The van der Waals surface area contributed by atoms with Crippen LogP contribution in [0.3, 0.4) is 0 Å². The molecule has 0 bridgehead atoms. The Kier molecular flexibility index (Phi) is 3.55. The molecule has 0 unspecified atom stereocenters. The van der Waals surface area contributed by atoms with Gasteiger partial charge in [0.05, 0.1) is 16.3 Å². The van der Waals surface area contributed by atoms with Crippen molar-refractivity contribution in [1.29, 1.82) is 0 Å². The number of rotatable bonds is 4. The molecule has 1 aromatic heterocycles. The molecule has 1 aromatic carbocycles. The number of sulfonamides is 1. The number of hydrogen-bond acceptors (Lipinski definition) is 5. The summed E-state index contributed by atoms with van der Waals surface area (Å²) in [6.45, 7) is 0. The second kappa shape index (κ2) is 4.97. The predicted molar refractivity (Wildman–Crippen MR) is 74.7 cm³/mol. The molecule has 0 saturated heterocycles. The highest BCUT2D eigenvalue weighted by atomic mass is 32.2. The molecule has 0 radical (unpaired) electrons. The summed E-state index contributed by atoms with van der Waals surface area (Å²) >= 11 is 1.55. The van der Waals surface area contributed by atoms with Crippen molar-refractivity contribution in [3.05, 3.63) is 35.0 Å². The molecule has 5 nitrogen and oxygen atoms in total. The average molecular weight is 283 g/mol. The fraction of sp³-hybridized carbons (Fsp3) is 0.0909. The first-order chi connectivity index (χ1) is 8.53. The molecule has 0 saturated carbocycles. The first-order valence-electron chi connectivity index (χ1n) is 5.15. The first kappa shape index (κ1) is 12.9. The summed E-state index contributed by atoms with van der Waals surface area (Å²) < 4.78 is 25.6. The normalized spacial score (nSPS) is 11.4. The number of benzene rings is 1. The molecule has 0 amide bonds. The van der Waals surface area contributed by atoms with E-state index >= 15 is 0 Å². The second-order valence-corrected chi connectivity index (χ2v) is 6.26. The molecule has 0 aliphatic carbocycles. The van der Waals surface area contributed by atoms with E-state index in [0.717, 1.165) is 5.69 Å². The van der Waals surface area contributed by atoms with Crippen molar-refractivity contribution in [3.63, 3.8) is 0 Å². The van der Waals surface area contributed by atoms with Crippen molar-refractivity contribution in [2.24, 2.45) is 0 Å². The summed E-state index contributed by atoms with van der Waals surface area (Å²) in [4.78, 5) is 0.178. The van der Waals surface area contributed by atoms with Gasteiger partial charge in [0, 0.05) is 11.1 Å². The Balaban J connectivity index is 2.39. The van der Waals surface area contributed by atoms with Gasteiger partial charge in [0.15, 0.2) is 0 Å². The van der Waals surface area contributed by atoms with Crippen LogP contribution < -0.4 is 15.8 Å². The summed E-state index contributed by atoms with van der Waals surface area (Å²) in [6, 6.07) is 6.45. The van der Waals surface area contributed by atoms with Crippen molar-refractivity contribution in [2.75, 3.05) is 18.1 Å². The number of nitrogens with one attached hydrogen (secondary N) is 2. The lowest BCUT2D eigenvalue weighted by Gasteiger charge is -2.10. The van der Waals surface area contributed by atoms with E-state index in [1.165, 1.54) is 19.2 Å². The molecular formula is C11H13N3O2S2. The van der Waals surface area contributed by atoms with E-state index in [2.05, 4.69) is 10.0 Å². The topological polar surface area (TPSA) is 84.2 Å². The number of nitrogens with two attached hydrogens (primary N) is 1. The number of anilines is 3.